The third-order valence-corrected chi connectivity index (χ3v) is 27.3. The molecular weight excluding hydrogens is 1200 g/mol. The fraction of sp³-hybridized carbons (Fsp3) is 0.688. The standard InChI is InChI=1S/C15H19NO2.C14H17NO2.C13H19NO2.C12H15NO2.C12H17NO2.C11H13NO2/c1-7(2)14(17)16-13-11-6-10(12(13)15(16)18)8-4-3-5-9(8)11;1-2-11(16)15-13-10-6-9(12(13)14(15)17)7-4-3-5-8(7)10;1-9(2)12(15)14-11-8-6-4-3-5-7-10(11)13(14)16;1-6(2)11(14)13-10-8-4-3-7(5-8)9(10)12(13)15;1-2-11(14)13-10-8-6-4-3-5-7-9(10)12(13)15;1-2-8(13)12-10-7-4-3-6(5-7)9(10)11(12)14/h8-13H,1,3-6H2,2H3;2,7-10,12-13H,1,3-6H2;10-11H,1,3-8H2,2H3;7-10H,1,3-5H2,2H3;2,9-10H,1,3-8H2;2,6-7,9-10H,1,3-5H2. The Balaban J connectivity index is 0.000000104. The van der Waals surface area contributed by atoms with Crippen LogP contribution in [-0.2, 0) is 57.5 Å². The molecule has 6 heterocycles. The zero-order valence-electron chi connectivity index (χ0n) is 56.3. The highest BCUT2D eigenvalue weighted by atomic mass is 16.2. The van der Waals surface area contributed by atoms with E-state index in [0.29, 0.717) is 64.1 Å². The first-order chi connectivity index (χ1) is 45.6. The van der Waals surface area contributed by atoms with E-state index in [1.807, 2.05) is 0 Å². The molecule has 18 rings (SSSR count). The van der Waals surface area contributed by atoms with Crippen molar-refractivity contribution in [1.82, 2.24) is 29.4 Å². The van der Waals surface area contributed by atoms with E-state index in [1.54, 1.807) is 20.8 Å². The number of imide groups is 6. The van der Waals surface area contributed by atoms with E-state index in [-0.39, 0.29) is 143 Å². The molecule has 6 saturated heterocycles. The molecular formula is C77H100N6O12. The van der Waals surface area contributed by atoms with Crippen LogP contribution >= 0.6 is 0 Å². The molecule has 510 valence electrons. The molecule has 18 nitrogen and oxygen atoms in total. The lowest BCUT2D eigenvalue weighted by Gasteiger charge is -2.51. The summed E-state index contributed by atoms with van der Waals surface area (Å²) < 4.78 is 0. The molecule has 18 heteroatoms. The maximum atomic E-state index is 12.2. The van der Waals surface area contributed by atoms with Gasteiger partial charge in [0.15, 0.2) is 0 Å². The number of hydrogen-bond acceptors (Lipinski definition) is 12. The summed E-state index contributed by atoms with van der Waals surface area (Å²) in [5.74, 6) is 8.10. The van der Waals surface area contributed by atoms with Crippen molar-refractivity contribution in [3.05, 3.63) is 74.4 Å². The maximum Gasteiger partial charge on any atom is 0.255 e. The van der Waals surface area contributed by atoms with E-state index in [0.717, 1.165) is 87.9 Å². The molecule has 0 aromatic carbocycles. The number of β-lactam (4-membered cyclic amide) rings is 6. The molecule has 0 radical (unpaired) electrons. The molecule has 18 fully saturated rings. The minimum atomic E-state index is -0.221. The Labute approximate surface area is 560 Å². The topological polar surface area (TPSA) is 224 Å². The Bertz CT molecular complexity index is 3350. The van der Waals surface area contributed by atoms with Crippen molar-refractivity contribution in [2.45, 2.75) is 224 Å². The lowest BCUT2D eigenvalue weighted by atomic mass is 9.67. The zero-order chi connectivity index (χ0) is 67.5. The van der Waals surface area contributed by atoms with E-state index >= 15 is 0 Å². The molecule has 12 saturated carbocycles. The summed E-state index contributed by atoms with van der Waals surface area (Å²) in [6.07, 6.45) is 34.5. The number of carbonyl (C=O) groups is 12. The van der Waals surface area contributed by atoms with E-state index in [9.17, 15) is 57.5 Å². The minimum Gasteiger partial charge on any atom is -0.275 e. The summed E-state index contributed by atoms with van der Waals surface area (Å²) in [6.45, 7) is 26.4. The van der Waals surface area contributed by atoms with Crippen molar-refractivity contribution in [1.29, 1.82) is 0 Å². The minimum absolute atomic E-state index is 0.0202. The normalized spacial score (nSPS) is 40.8. The predicted molar refractivity (Wildman–Crippen MR) is 352 cm³/mol. The molecule has 6 aliphatic heterocycles. The lowest BCUT2D eigenvalue weighted by molar-refractivity contribution is -0.172. The molecule has 24 unspecified atom stereocenters. The van der Waals surface area contributed by atoms with Crippen LogP contribution in [0.3, 0.4) is 0 Å². The number of likely N-dealkylation sites (tertiary alicyclic amines) is 6. The predicted octanol–water partition coefficient (Wildman–Crippen LogP) is 10.0. The Hall–Kier alpha value is -6.72. The maximum absolute atomic E-state index is 12.2. The van der Waals surface area contributed by atoms with E-state index in [2.05, 4.69) is 39.5 Å². The van der Waals surface area contributed by atoms with Gasteiger partial charge in [-0.1, -0.05) is 104 Å². The average molecular weight is 1300 g/mol. The summed E-state index contributed by atoms with van der Waals surface area (Å²) >= 11 is 0. The molecule has 8 bridgehead atoms. The highest BCUT2D eigenvalue weighted by Gasteiger charge is 2.71. The number of carbonyl (C=O) groups excluding carboxylic acids is 12. The second-order valence-electron chi connectivity index (χ2n) is 31.8. The van der Waals surface area contributed by atoms with Crippen molar-refractivity contribution in [3.63, 3.8) is 0 Å². The first kappa shape index (κ1) is 66.9. The quantitative estimate of drug-likeness (QED) is 0.179. The van der Waals surface area contributed by atoms with Gasteiger partial charge in [0, 0.05) is 16.7 Å². The van der Waals surface area contributed by atoms with Crippen LogP contribution in [0.2, 0.25) is 0 Å². The van der Waals surface area contributed by atoms with Crippen LogP contribution < -0.4 is 0 Å². The molecule has 0 N–H and O–H groups in total. The van der Waals surface area contributed by atoms with Gasteiger partial charge in [0.2, 0.25) is 35.4 Å². The van der Waals surface area contributed by atoms with Gasteiger partial charge < -0.3 is 0 Å². The third kappa shape index (κ3) is 10.7. The van der Waals surface area contributed by atoms with Gasteiger partial charge in [-0.05, 0) is 213 Å². The smallest absolute Gasteiger partial charge is 0.255 e. The van der Waals surface area contributed by atoms with Gasteiger partial charge in [0.05, 0.1) is 71.8 Å². The van der Waals surface area contributed by atoms with Crippen LogP contribution in [-0.4, -0.2) is 137 Å². The summed E-state index contributed by atoms with van der Waals surface area (Å²) in [6, 6.07) is 1.25. The lowest BCUT2D eigenvalue weighted by Crippen LogP contribution is -2.67. The molecule has 95 heavy (non-hydrogen) atoms. The van der Waals surface area contributed by atoms with Crippen molar-refractivity contribution >= 4 is 70.9 Å². The average Bonchev–Trinajstić information content (AvgIpc) is 1.55. The largest absolute Gasteiger partial charge is 0.275 e. The fourth-order valence-corrected chi connectivity index (χ4v) is 23.4. The molecule has 12 aliphatic carbocycles. The summed E-state index contributed by atoms with van der Waals surface area (Å²) in [4.78, 5) is 150. The Kier molecular flexibility index (Phi) is 18.5. The Morgan fingerprint density at radius 1 is 0.305 bits per heavy atom. The number of amides is 12. The molecule has 12 amide bonds. The zero-order valence-corrected chi connectivity index (χ0v) is 56.3. The Morgan fingerprint density at radius 2 is 0.621 bits per heavy atom. The summed E-state index contributed by atoms with van der Waals surface area (Å²) in [5, 5.41) is 0. The highest BCUT2D eigenvalue weighted by molar-refractivity contribution is 6.11. The SMILES string of the molecule is C=C(C)C(=O)N1C(=O)C2C3CC(C4CCCC43)C21.C=C(C)C(=O)N1C(=O)C2C3CCC(C3)C21.C=C(C)C(=O)N1C(=O)C2CCCCCCC21.C=CC(=O)N1C(=O)C2C3CC(C4CCCC43)C21.C=CC(=O)N1C(=O)C2C3CCC(C3)C21.C=CC(=O)N1C(=O)C2CCCCCCC21. The summed E-state index contributed by atoms with van der Waals surface area (Å²) in [7, 11) is 0. The van der Waals surface area contributed by atoms with Gasteiger partial charge in [0.1, 0.15) is 0 Å². The van der Waals surface area contributed by atoms with Crippen molar-refractivity contribution < 1.29 is 57.5 Å². The van der Waals surface area contributed by atoms with Crippen LogP contribution in [0.25, 0.3) is 0 Å². The molecule has 18 aliphatic rings. The monoisotopic (exact) mass is 1300 g/mol. The van der Waals surface area contributed by atoms with Crippen molar-refractivity contribution in [2.75, 3.05) is 0 Å². The number of fused-ring (bicyclic) bond motifs is 28. The van der Waals surface area contributed by atoms with Crippen molar-refractivity contribution in [2.24, 2.45) is 107 Å². The Morgan fingerprint density at radius 3 is 1.06 bits per heavy atom. The number of rotatable bonds is 6. The fourth-order valence-electron chi connectivity index (χ4n) is 23.4. The van der Waals surface area contributed by atoms with Crippen LogP contribution in [0.5, 0.6) is 0 Å². The summed E-state index contributed by atoms with van der Waals surface area (Å²) in [5.41, 5.74) is 1.44. The second-order valence-corrected chi connectivity index (χ2v) is 31.8. The van der Waals surface area contributed by atoms with Crippen LogP contribution in [0.4, 0.5) is 0 Å². The molecule has 24 atom stereocenters. The first-order valence-corrected chi connectivity index (χ1v) is 36.6. The third-order valence-electron chi connectivity index (χ3n) is 27.3. The van der Waals surface area contributed by atoms with Crippen LogP contribution in [0, 0.1) is 107 Å². The van der Waals surface area contributed by atoms with Crippen LogP contribution in [0.1, 0.15) is 188 Å². The molecule has 0 aromatic heterocycles. The second kappa shape index (κ2) is 26.3. The molecule has 0 spiro atoms. The number of hydrogen-bond donors (Lipinski definition) is 0. The van der Waals surface area contributed by atoms with E-state index in [1.165, 1.54) is 150 Å². The van der Waals surface area contributed by atoms with E-state index < -0.39 is 0 Å². The highest BCUT2D eigenvalue weighted by Crippen LogP contribution is 2.67. The molecule has 0 aromatic rings. The number of nitrogens with zero attached hydrogens (tertiary/aromatic N) is 6. The van der Waals surface area contributed by atoms with Gasteiger partial charge in [-0.3, -0.25) is 86.9 Å². The van der Waals surface area contributed by atoms with Gasteiger partial charge >= 0.3 is 0 Å². The van der Waals surface area contributed by atoms with Gasteiger partial charge in [-0.25, -0.2) is 0 Å². The van der Waals surface area contributed by atoms with Crippen LogP contribution in [0.15, 0.2) is 74.4 Å². The van der Waals surface area contributed by atoms with Crippen molar-refractivity contribution in [3.8, 4) is 0 Å². The van der Waals surface area contributed by atoms with Gasteiger partial charge in [-0.2, -0.15) is 0 Å². The van der Waals surface area contributed by atoms with E-state index in [4.69, 9.17) is 0 Å². The van der Waals surface area contributed by atoms with Gasteiger partial charge in [0.25, 0.3) is 35.4 Å². The first-order valence-electron chi connectivity index (χ1n) is 36.6. The van der Waals surface area contributed by atoms with Gasteiger partial charge in [-0.15, -0.1) is 0 Å².